The third kappa shape index (κ3) is 5.45. The summed E-state index contributed by atoms with van der Waals surface area (Å²) in [5.74, 6) is 0.481. The highest BCUT2D eigenvalue weighted by Crippen LogP contribution is 2.22. The van der Waals surface area contributed by atoms with E-state index in [0.717, 1.165) is 31.5 Å². The van der Waals surface area contributed by atoms with E-state index in [9.17, 15) is 4.79 Å². The molecule has 0 unspecified atom stereocenters. The first-order valence-corrected chi connectivity index (χ1v) is 8.01. The van der Waals surface area contributed by atoms with Crippen LogP contribution >= 0.6 is 0 Å². The van der Waals surface area contributed by atoms with Crippen molar-refractivity contribution in [2.75, 3.05) is 13.1 Å². The lowest BCUT2D eigenvalue weighted by Gasteiger charge is -2.32. The van der Waals surface area contributed by atoms with Gasteiger partial charge in [0.05, 0.1) is 6.57 Å². The van der Waals surface area contributed by atoms with E-state index in [4.69, 9.17) is 11.3 Å². The summed E-state index contributed by atoms with van der Waals surface area (Å²) >= 11 is 0. The van der Waals surface area contributed by atoms with Gasteiger partial charge < -0.3 is 9.64 Å². The van der Waals surface area contributed by atoms with Crippen LogP contribution in [0.3, 0.4) is 0 Å². The molecule has 0 atom stereocenters. The van der Waals surface area contributed by atoms with Crippen LogP contribution < -0.4 is 0 Å². The minimum Gasteiger partial charge on any atom is -0.444 e. The van der Waals surface area contributed by atoms with E-state index in [1.165, 1.54) is 0 Å². The van der Waals surface area contributed by atoms with E-state index in [-0.39, 0.29) is 6.09 Å². The largest absolute Gasteiger partial charge is 0.444 e. The van der Waals surface area contributed by atoms with Crippen LogP contribution in [0.25, 0.3) is 10.9 Å². The van der Waals surface area contributed by atoms with Gasteiger partial charge in [-0.3, -0.25) is 0 Å². The lowest BCUT2D eigenvalue weighted by atomic mass is 9.96. The van der Waals surface area contributed by atoms with E-state index >= 15 is 0 Å². The summed E-state index contributed by atoms with van der Waals surface area (Å²) in [6.07, 6.45) is 6.00. The van der Waals surface area contributed by atoms with Crippen molar-refractivity contribution in [1.29, 1.82) is 0 Å². The van der Waals surface area contributed by atoms with Crippen LogP contribution in [0.2, 0.25) is 0 Å². The summed E-state index contributed by atoms with van der Waals surface area (Å²) in [7, 11) is 0. The summed E-state index contributed by atoms with van der Waals surface area (Å²) < 4.78 is 5.41. The van der Waals surface area contributed by atoms with Crippen molar-refractivity contribution in [2.24, 2.45) is 5.92 Å². The van der Waals surface area contributed by atoms with Gasteiger partial charge in [-0.05, 0) is 45.1 Å². The van der Waals surface area contributed by atoms with Gasteiger partial charge in [0.25, 0.3) is 0 Å². The molecule has 0 spiro atoms. The minimum absolute atomic E-state index is 0.213. The van der Waals surface area contributed by atoms with Gasteiger partial charge in [0, 0.05) is 13.1 Å². The molecule has 0 radical (unpaired) electrons. The molecule has 4 heteroatoms. The van der Waals surface area contributed by atoms with Gasteiger partial charge in [-0.15, -0.1) is 0 Å². The van der Waals surface area contributed by atoms with Crippen LogP contribution in [0.1, 0.15) is 39.2 Å². The van der Waals surface area contributed by atoms with Crippen molar-refractivity contribution in [2.45, 2.75) is 39.2 Å². The van der Waals surface area contributed by atoms with Gasteiger partial charge in [-0.1, -0.05) is 36.4 Å². The van der Waals surface area contributed by atoms with Crippen molar-refractivity contribution in [3.8, 4) is 0 Å². The molecule has 1 heterocycles. The average molecular weight is 312 g/mol. The molecule has 23 heavy (non-hydrogen) atoms. The fourth-order valence-corrected chi connectivity index (χ4v) is 2.51. The molecule has 0 saturated carbocycles. The number of piperidine rings is 1. The fraction of sp³-hybridized carbons (Fsp3) is 0.474. The van der Waals surface area contributed by atoms with Gasteiger partial charge in [0.2, 0.25) is 0 Å². The molecule has 4 nitrogen and oxygen atoms in total. The molecule has 0 aromatic heterocycles. The molecule has 1 aromatic rings. The van der Waals surface area contributed by atoms with E-state index in [2.05, 4.69) is 17.0 Å². The fourth-order valence-electron chi connectivity index (χ4n) is 2.51. The number of hydrogen-bond acceptors (Lipinski definition) is 2. The highest BCUT2D eigenvalue weighted by Gasteiger charge is 2.25. The number of benzene rings is 1. The van der Waals surface area contributed by atoms with Crippen molar-refractivity contribution in [1.82, 2.24) is 4.90 Å². The number of carbonyl (C=O) groups is 1. The Kier molecular flexibility index (Phi) is 5.44. The molecule has 2 rings (SSSR count). The molecule has 1 amide bonds. The second kappa shape index (κ2) is 7.32. The Morgan fingerprint density at radius 2 is 1.87 bits per heavy atom. The van der Waals surface area contributed by atoms with Crippen LogP contribution in [-0.4, -0.2) is 29.7 Å². The number of allylic oxidation sites excluding steroid dienone is 1. The maximum atomic E-state index is 12.0. The quantitative estimate of drug-likeness (QED) is 0.728. The topological polar surface area (TPSA) is 33.9 Å². The van der Waals surface area contributed by atoms with Gasteiger partial charge in [0.15, 0.2) is 5.69 Å². The van der Waals surface area contributed by atoms with E-state index < -0.39 is 5.60 Å². The van der Waals surface area contributed by atoms with Crippen LogP contribution in [0.5, 0.6) is 0 Å². The molecule has 0 aliphatic carbocycles. The highest BCUT2D eigenvalue weighted by atomic mass is 16.6. The van der Waals surface area contributed by atoms with Crippen molar-refractivity contribution in [3.05, 3.63) is 47.3 Å². The van der Waals surface area contributed by atoms with Crippen LogP contribution in [0, 0.1) is 12.5 Å². The molecule has 1 aromatic carbocycles. The van der Waals surface area contributed by atoms with Crippen molar-refractivity contribution in [3.63, 3.8) is 0 Å². The van der Waals surface area contributed by atoms with E-state index in [1.807, 2.05) is 45.0 Å². The van der Waals surface area contributed by atoms with Gasteiger partial charge in [-0.2, -0.15) is 0 Å². The zero-order chi connectivity index (χ0) is 16.9. The lowest BCUT2D eigenvalue weighted by Crippen LogP contribution is -2.41. The first kappa shape index (κ1) is 17.1. The standard InChI is InChI=1S/C19H24N2O2/c1-19(2,3)23-18(22)21-13-11-16(12-14-21)6-5-15-7-9-17(20-4)10-8-15/h5-10,16H,11-14H2,1-3H3/b6-5+. The summed E-state index contributed by atoms with van der Waals surface area (Å²) in [6.45, 7) is 14.1. The number of nitrogens with zero attached hydrogens (tertiary/aromatic N) is 2. The maximum Gasteiger partial charge on any atom is 0.410 e. The van der Waals surface area contributed by atoms with E-state index in [0.29, 0.717) is 11.6 Å². The Balaban J connectivity index is 1.83. The Bertz CT molecular complexity index is 598. The summed E-state index contributed by atoms with van der Waals surface area (Å²) in [6, 6.07) is 7.58. The summed E-state index contributed by atoms with van der Waals surface area (Å²) in [5.41, 5.74) is 1.32. The molecular formula is C19H24N2O2. The number of ether oxygens (including phenoxy) is 1. The first-order valence-electron chi connectivity index (χ1n) is 8.01. The Morgan fingerprint density at radius 1 is 1.26 bits per heavy atom. The van der Waals surface area contributed by atoms with Gasteiger partial charge >= 0.3 is 6.09 Å². The Morgan fingerprint density at radius 3 is 2.39 bits per heavy atom. The van der Waals surface area contributed by atoms with Gasteiger partial charge in [-0.25, -0.2) is 9.64 Å². The van der Waals surface area contributed by atoms with E-state index in [1.54, 1.807) is 4.90 Å². The van der Waals surface area contributed by atoms with Crippen LogP contribution in [-0.2, 0) is 4.74 Å². The third-order valence-corrected chi connectivity index (χ3v) is 3.77. The molecule has 1 aliphatic rings. The minimum atomic E-state index is -0.439. The zero-order valence-corrected chi connectivity index (χ0v) is 14.1. The molecule has 0 N–H and O–H groups in total. The first-order chi connectivity index (χ1) is 10.9. The monoisotopic (exact) mass is 312 g/mol. The zero-order valence-electron chi connectivity index (χ0n) is 14.1. The molecule has 1 fully saturated rings. The van der Waals surface area contributed by atoms with Crippen LogP contribution in [0.4, 0.5) is 10.5 Å². The van der Waals surface area contributed by atoms with Gasteiger partial charge in [0.1, 0.15) is 5.60 Å². The average Bonchev–Trinajstić information content (AvgIpc) is 2.52. The molecule has 122 valence electrons. The number of likely N-dealkylation sites (tertiary alicyclic amines) is 1. The predicted molar refractivity (Wildman–Crippen MR) is 92.3 cm³/mol. The second-order valence-corrected chi connectivity index (χ2v) is 6.87. The second-order valence-electron chi connectivity index (χ2n) is 6.87. The molecular weight excluding hydrogens is 288 g/mol. The van der Waals surface area contributed by atoms with Crippen LogP contribution in [0.15, 0.2) is 30.3 Å². The lowest BCUT2D eigenvalue weighted by molar-refractivity contribution is 0.0197. The third-order valence-electron chi connectivity index (χ3n) is 3.77. The predicted octanol–water partition coefficient (Wildman–Crippen LogP) is 4.90. The Hall–Kier alpha value is -2.28. The maximum absolute atomic E-state index is 12.0. The number of amides is 1. The summed E-state index contributed by atoms with van der Waals surface area (Å²) in [4.78, 5) is 17.2. The highest BCUT2D eigenvalue weighted by molar-refractivity contribution is 5.68. The molecule has 1 saturated heterocycles. The van der Waals surface area contributed by atoms with Crippen molar-refractivity contribution < 1.29 is 9.53 Å². The number of rotatable bonds is 2. The molecule has 0 bridgehead atoms. The summed E-state index contributed by atoms with van der Waals surface area (Å²) in [5, 5.41) is 0. The smallest absolute Gasteiger partial charge is 0.410 e. The number of carbonyl (C=O) groups excluding carboxylic acids is 1. The van der Waals surface area contributed by atoms with Crippen molar-refractivity contribution >= 4 is 17.9 Å². The number of hydrogen-bond donors (Lipinski definition) is 0. The SMILES string of the molecule is [C-]#[N+]c1ccc(/C=C/C2CCN(C(=O)OC(C)(C)C)CC2)cc1. The molecule has 1 aliphatic heterocycles. The normalized spacial score (nSPS) is 16.3. The Labute approximate surface area is 138 Å².